The van der Waals surface area contributed by atoms with Gasteiger partial charge in [0.1, 0.15) is 0 Å². The lowest BCUT2D eigenvalue weighted by Gasteiger charge is -2.31. The minimum atomic E-state index is -4.29. The molecule has 0 unspecified atom stereocenters. The number of benzene rings is 1. The maximum Gasteiger partial charge on any atom is 0.416 e. The molecule has 162 valence electrons. The molecule has 0 atom stereocenters. The topological polar surface area (TPSA) is 107 Å². The normalized spacial score (nSPS) is 15.4. The number of halogens is 3. The van der Waals surface area contributed by atoms with Gasteiger partial charge in [0.2, 0.25) is 5.91 Å². The van der Waals surface area contributed by atoms with Crippen LogP contribution in [0, 0.1) is 5.92 Å². The first-order chi connectivity index (χ1) is 13.4. The lowest BCUT2D eigenvalue weighted by molar-refractivity contribution is -0.159. The minimum Gasteiger partial charge on any atom is -0.473 e. The number of alkyl halides is 3. The zero-order valence-electron chi connectivity index (χ0n) is 16.2. The number of carboxylic acid groups (broad SMARTS) is 2. The summed E-state index contributed by atoms with van der Waals surface area (Å²) in [7, 11) is 0. The predicted octanol–water partition coefficient (Wildman–Crippen LogP) is 2.60. The maximum atomic E-state index is 12.5. The lowest BCUT2D eigenvalue weighted by Crippen LogP contribution is -2.42. The predicted molar refractivity (Wildman–Crippen MR) is 98.0 cm³/mol. The van der Waals surface area contributed by atoms with Gasteiger partial charge in [0, 0.05) is 18.5 Å². The van der Waals surface area contributed by atoms with Crippen molar-refractivity contribution in [2.24, 2.45) is 5.92 Å². The highest BCUT2D eigenvalue weighted by molar-refractivity contribution is 6.27. The summed E-state index contributed by atoms with van der Waals surface area (Å²) >= 11 is 0. The maximum absolute atomic E-state index is 12.5. The summed E-state index contributed by atoms with van der Waals surface area (Å²) in [6.45, 7) is 6.08. The molecule has 0 aliphatic carbocycles. The first-order valence-electron chi connectivity index (χ1n) is 9.05. The molecule has 1 aliphatic heterocycles. The van der Waals surface area contributed by atoms with E-state index in [4.69, 9.17) is 19.8 Å². The van der Waals surface area contributed by atoms with Gasteiger partial charge in [0.05, 0.1) is 5.56 Å². The van der Waals surface area contributed by atoms with Gasteiger partial charge < -0.3 is 15.5 Å². The number of rotatable bonds is 4. The summed E-state index contributed by atoms with van der Waals surface area (Å²) < 4.78 is 37.6. The Hall–Kier alpha value is -2.62. The molecule has 0 radical (unpaired) electrons. The summed E-state index contributed by atoms with van der Waals surface area (Å²) in [5, 5.41) is 17.7. The van der Waals surface area contributed by atoms with Crippen molar-refractivity contribution in [1.82, 2.24) is 10.2 Å². The SMILES string of the molecule is CC(C)NC(=O)C1CCN(Cc2ccc(C(F)(F)F)cc2)CC1.O=C(O)C(=O)O. The Morgan fingerprint density at radius 2 is 1.55 bits per heavy atom. The number of nitrogens with one attached hydrogen (secondary N) is 1. The molecule has 1 fully saturated rings. The molecule has 29 heavy (non-hydrogen) atoms. The number of hydrogen-bond donors (Lipinski definition) is 3. The number of amides is 1. The number of aliphatic carboxylic acids is 2. The van der Waals surface area contributed by atoms with Gasteiger partial charge in [-0.1, -0.05) is 12.1 Å². The van der Waals surface area contributed by atoms with Crippen molar-refractivity contribution in [2.75, 3.05) is 13.1 Å². The molecule has 1 aromatic carbocycles. The Labute approximate surface area is 166 Å². The average Bonchev–Trinajstić information content (AvgIpc) is 2.62. The van der Waals surface area contributed by atoms with Gasteiger partial charge in [-0.05, 0) is 57.5 Å². The van der Waals surface area contributed by atoms with E-state index < -0.39 is 23.7 Å². The Morgan fingerprint density at radius 3 is 1.93 bits per heavy atom. The number of likely N-dealkylation sites (tertiary alicyclic amines) is 1. The fourth-order valence-corrected chi connectivity index (χ4v) is 2.81. The van der Waals surface area contributed by atoms with Crippen molar-refractivity contribution in [3.8, 4) is 0 Å². The van der Waals surface area contributed by atoms with E-state index in [1.807, 2.05) is 13.8 Å². The summed E-state index contributed by atoms with van der Waals surface area (Å²) in [4.78, 5) is 32.4. The van der Waals surface area contributed by atoms with Crippen LogP contribution in [0.2, 0.25) is 0 Å². The van der Waals surface area contributed by atoms with Crippen molar-refractivity contribution in [3.63, 3.8) is 0 Å². The van der Waals surface area contributed by atoms with E-state index in [1.165, 1.54) is 12.1 Å². The molecule has 1 amide bonds. The van der Waals surface area contributed by atoms with Crippen LogP contribution in [-0.2, 0) is 27.1 Å². The molecular formula is C19H25F3N2O5. The molecule has 1 aliphatic rings. The molecule has 1 heterocycles. The zero-order chi connectivity index (χ0) is 22.2. The highest BCUT2D eigenvalue weighted by Crippen LogP contribution is 2.29. The van der Waals surface area contributed by atoms with Crippen molar-refractivity contribution in [2.45, 2.75) is 45.5 Å². The van der Waals surface area contributed by atoms with E-state index in [9.17, 15) is 18.0 Å². The van der Waals surface area contributed by atoms with Crippen LogP contribution in [0.5, 0.6) is 0 Å². The van der Waals surface area contributed by atoms with E-state index in [1.54, 1.807) is 0 Å². The molecule has 1 aromatic rings. The quantitative estimate of drug-likeness (QED) is 0.649. The van der Waals surface area contributed by atoms with Crippen LogP contribution >= 0.6 is 0 Å². The molecule has 3 N–H and O–H groups in total. The number of carbonyl (C=O) groups excluding carboxylic acids is 1. The molecule has 0 bridgehead atoms. The van der Waals surface area contributed by atoms with Crippen LogP contribution in [0.15, 0.2) is 24.3 Å². The third kappa shape index (κ3) is 8.95. The number of carboxylic acids is 2. The van der Waals surface area contributed by atoms with Gasteiger partial charge in [-0.25, -0.2) is 9.59 Å². The summed E-state index contributed by atoms with van der Waals surface area (Å²) in [5.41, 5.74) is 0.244. The van der Waals surface area contributed by atoms with Crippen molar-refractivity contribution >= 4 is 17.8 Å². The molecule has 10 heteroatoms. The number of piperidine rings is 1. The Kier molecular flexibility index (Phi) is 9.09. The standard InChI is InChI=1S/C17H23F3N2O.C2H2O4/c1-12(2)21-16(23)14-7-9-22(10-8-14)11-13-3-5-15(6-4-13)17(18,19)20;3-1(4)2(5)6/h3-6,12,14H,7-11H2,1-2H3,(H,21,23);(H,3,4)(H,5,6). The second-order valence-corrected chi connectivity index (χ2v) is 7.02. The van der Waals surface area contributed by atoms with Crippen LogP contribution in [0.1, 0.15) is 37.8 Å². The van der Waals surface area contributed by atoms with E-state index >= 15 is 0 Å². The summed E-state index contributed by atoms with van der Waals surface area (Å²) in [6.07, 6.45) is -2.71. The minimum absolute atomic E-state index is 0.0428. The average molecular weight is 418 g/mol. The molecule has 1 saturated heterocycles. The summed E-state index contributed by atoms with van der Waals surface area (Å²) in [5.74, 6) is -3.50. The van der Waals surface area contributed by atoms with E-state index in [-0.39, 0.29) is 17.9 Å². The van der Waals surface area contributed by atoms with Crippen LogP contribution < -0.4 is 5.32 Å². The van der Waals surface area contributed by atoms with Gasteiger partial charge in [-0.2, -0.15) is 13.2 Å². The first kappa shape index (κ1) is 24.4. The van der Waals surface area contributed by atoms with Crippen LogP contribution in [0.3, 0.4) is 0 Å². The largest absolute Gasteiger partial charge is 0.473 e. The highest BCUT2D eigenvalue weighted by atomic mass is 19.4. The van der Waals surface area contributed by atoms with E-state index in [2.05, 4.69) is 10.2 Å². The van der Waals surface area contributed by atoms with Crippen molar-refractivity contribution < 1.29 is 37.8 Å². The van der Waals surface area contributed by atoms with Crippen molar-refractivity contribution in [3.05, 3.63) is 35.4 Å². The fourth-order valence-electron chi connectivity index (χ4n) is 2.81. The molecule has 7 nitrogen and oxygen atoms in total. The molecule has 0 aromatic heterocycles. The van der Waals surface area contributed by atoms with Gasteiger partial charge in [0.15, 0.2) is 0 Å². The zero-order valence-corrected chi connectivity index (χ0v) is 16.2. The number of nitrogens with zero attached hydrogens (tertiary/aromatic N) is 1. The smallest absolute Gasteiger partial charge is 0.416 e. The molecular weight excluding hydrogens is 393 g/mol. The third-order valence-electron chi connectivity index (χ3n) is 4.26. The van der Waals surface area contributed by atoms with E-state index in [0.717, 1.165) is 43.6 Å². The molecule has 2 rings (SSSR count). The number of carbonyl (C=O) groups is 3. The van der Waals surface area contributed by atoms with Gasteiger partial charge in [-0.15, -0.1) is 0 Å². The van der Waals surface area contributed by atoms with Gasteiger partial charge in [-0.3, -0.25) is 9.69 Å². The second-order valence-electron chi connectivity index (χ2n) is 7.02. The fraction of sp³-hybridized carbons (Fsp3) is 0.526. The molecule has 0 saturated carbocycles. The van der Waals surface area contributed by atoms with E-state index in [0.29, 0.717) is 6.54 Å². The second kappa shape index (κ2) is 10.8. The van der Waals surface area contributed by atoms with Gasteiger partial charge in [0.25, 0.3) is 0 Å². The van der Waals surface area contributed by atoms with Crippen LogP contribution in [0.25, 0.3) is 0 Å². The summed E-state index contributed by atoms with van der Waals surface area (Å²) in [6, 6.07) is 5.45. The van der Waals surface area contributed by atoms with Gasteiger partial charge >= 0.3 is 18.1 Å². The third-order valence-corrected chi connectivity index (χ3v) is 4.26. The lowest BCUT2D eigenvalue weighted by atomic mass is 9.95. The Balaban J connectivity index is 0.000000612. The number of hydrogen-bond acceptors (Lipinski definition) is 4. The Morgan fingerprint density at radius 1 is 1.07 bits per heavy atom. The highest BCUT2D eigenvalue weighted by Gasteiger charge is 2.30. The first-order valence-corrected chi connectivity index (χ1v) is 9.05. The Bertz CT molecular complexity index is 685. The van der Waals surface area contributed by atoms with Crippen LogP contribution in [0.4, 0.5) is 13.2 Å². The molecule has 0 spiro atoms. The monoisotopic (exact) mass is 418 g/mol. The van der Waals surface area contributed by atoms with Crippen molar-refractivity contribution in [1.29, 1.82) is 0 Å². The van der Waals surface area contributed by atoms with Crippen LogP contribution in [-0.4, -0.2) is 52.1 Å².